The number of ether oxygens (including phenoxy) is 1. The highest BCUT2D eigenvalue weighted by Crippen LogP contribution is 2.25. The largest absolute Gasteiger partial charge is 0.573 e. The zero-order valence-corrected chi connectivity index (χ0v) is 14.2. The third kappa shape index (κ3) is 5.64. The summed E-state index contributed by atoms with van der Waals surface area (Å²) in [5.41, 5.74) is 0. The Kier molecular flexibility index (Phi) is 6.11. The van der Waals surface area contributed by atoms with Gasteiger partial charge >= 0.3 is 6.36 Å². The van der Waals surface area contributed by atoms with Crippen LogP contribution in [-0.4, -0.2) is 45.4 Å². The van der Waals surface area contributed by atoms with E-state index in [4.69, 9.17) is 0 Å². The van der Waals surface area contributed by atoms with E-state index >= 15 is 0 Å². The van der Waals surface area contributed by atoms with Gasteiger partial charge in [-0.15, -0.1) is 13.2 Å². The summed E-state index contributed by atoms with van der Waals surface area (Å²) in [6.45, 7) is 4.68. The van der Waals surface area contributed by atoms with E-state index in [1.807, 2.05) is 0 Å². The van der Waals surface area contributed by atoms with Gasteiger partial charge in [0.15, 0.2) is 0 Å². The lowest BCUT2D eigenvalue weighted by Crippen LogP contribution is -2.44. The van der Waals surface area contributed by atoms with Gasteiger partial charge in [-0.05, 0) is 51.0 Å². The van der Waals surface area contributed by atoms with Gasteiger partial charge in [-0.2, -0.15) is 0 Å². The third-order valence-electron chi connectivity index (χ3n) is 3.80. The molecule has 0 aliphatic carbocycles. The molecule has 1 fully saturated rings. The molecular formula is C15H21F3N2O3S. The van der Waals surface area contributed by atoms with Crippen LogP contribution < -0.4 is 9.46 Å². The van der Waals surface area contributed by atoms with E-state index in [0.717, 1.165) is 38.2 Å². The van der Waals surface area contributed by atoms with Crippen LogP contribution in [0.5, 0.6) is 5.75 Å². The van der Waals surface area contributed by atoms with E-state index in [9.17, 15) is 21.6 Å². The predicted molar refractivity (Wildman–Crippen MR) is 83.2 cm³/mol. The first-order valence-corrected chi connectivity index (χ1v) is 9.28. The van der Waals surface area contributed by atoms with Crippen molar-refractivity contribution in [3.05, 3.63) is 24.3 Å². The summed E-state index contributed by atoms with van der Waals surface area (Å²) in [5, 5.41) is 0. The molecule has 1 aromatic rings. The molecule has 0 saturated carbocycles. The lowest BCUT2D eigenvalue weighted by Gasteiger charge is -2.31. The van der Waals surface area contributed by atoms with E-state index in [1.54, 1.807) is 0 Å². The zero-order chi connectivity index (χ0) is 17.8. The second-order valence-corrected chi connectivity index (χ2v) is 7.47. The molecule has 136 valence electrons. The van der Waals surface area contributed by atoms with Gasteiger partial charge in [0.25, 0.3) is 0 Å². The Hall–Kier alpha value is -1.32. The Balaban J connectivity index is 2.02. The molecule has 24 heavy (non-hydrogen) atoms. The Bertz CT molecular complexity index is 642. The normalized spacial score (nSPS) is 17.8. The van der Waals surface area contributed by atoms with Gasteiger partial charge in [0.1, 0.15) is 5.75 Å². The molecule has 1 aromatic carbocycles. The van der Waals surface area contributed by atoms with Gasteiger partial charge in [0, 0.05) is 12.1 Å². The van der Waals surface area contributed by atoms with Crippen molar-refractivity contribution in [3.63, 3.8) is 0 Å². The highest BCUT2D eigenvalue weighted by atomic mass is 32.2. The molecule has 9 heteroatoms. The molecule has 0 atom stereocenters. The summed E-state index contributed by atoms with van der Waals surface area (Å²) in [5.74, 6) is -0.553. The van der Waals surface area contributed by atoms with Crippen LogP contribution >= 0.6 is 0 Å². The van der Waals surface area contributed by atoms with E-state index in [2.05, 4.69) is 21.3 Å². The number of nitrogens with one attached hydrogen (secondary N) is 1. The third-order valence-corrected chi connectivity index (χ3v) is 5.32. The lowest BCUT2D eigenvalue weighted by molar-refractivity contribution is -0.274. The van der Waals surface area contributed by atoms with Crippen LogP contribution in [0.2, 0.25) is 0 Å². The van der Waals surface area contributed by atoms with Crippen LogP contribution in [0, 0.1) is 0 Å². The molecule has 1 aliphatic heterocycles. The van der Waals surface area contributed by atoms with Crippen molar-refractivity contribution in [2.24, 2.45) is 0 Å². The number of alkyl halides is 3. The average molecular weight is 366 g/mol. The minimum absolute atomic E-state index is 0.213. The SMILES string of the molecule is CCCN1CCC(NS(=O)(=O)c2cccc(OC(F)(F)F)c2)CC1. The minimum atomic E-state index is -4.86. The Labute approximate surface area is 139 Å². The van der Waals surface area contributed by atoms with Crippen molar-refractivity contribution in [1.29, 1.82) is 0 Å². The first-order chi connectivity index (χ1) is 11.2. The van der Waals surface area contributed by atoms with Crippen LogP contribution in [0.25, 0.3) is 0 Å². The van der Waals surface area contributed by atoms with Crippen LogP contribution in [-0.2, 0) is 10.0 Å². The van der Waals surface area contributed by atoms with Crippen LogP contribution in [0.15, 0.2) is 29.2 Å². The number of likely N-dealkylation sites (tertiary alicyclic amines) is 1. The number of benzene rings is 1. The van der Waals surface area contributed by atoms with Gasteiger partial charge < -0.3 is 9.64 Å². The predicted octanol–water partition coefficient (Wildman–Crippen LogP) is 2.74. The van der Waals surface area contributed by atoms with Crippen LogP contribution in [0.3, 0.4) is 0 Å². The van der Waals surface area contributed by atoms with Crippen molar-refractivity contribution in [2.45, 2.75) is 43.5 Å². The summed E-state index contributed by atoms with van der Waals surface area (Å²) < 4.78 is 67.8. The molecule has 0 radical (unpaired) electrons. The molecule has 0 bridgehead atoms. The lowest BCUT2D eigenvalue weighted by atomic mass is 10.1. The smallest absolute Gasteiger partial charge is 0.406 e. The molecule has 1 aliphatic rings. The molecule has 0 spiro atoms. The van der Waals surface area contributed by atoms with E-state index in [1.165, 1.54) is 12.1 Å². The number of nitrogens with zero attached hydrogens (tertiary/aromatic N) is 1. The molecule has 1 saturated heterocycles. The fourth-order valence-corrected chi connectivity index (χ4v) is 4.06. The van der Waals surface area contributed by atoms with Crippen molar-refractivity contribution >= 4 is 10.0 Å². The number of halogens is 3. The van der Waals surface area contributed by atoms with Gasteiger partial charge in [-0.25, -0.2) is 13.1 Å². The number of hydrogen-bond donors (Lipinski definition) is 1. The summed E-state index contributed by atoms with van der Waals surface area (Å²) >= 11 is 0. The summed E-state index contributed by atoms with van der Waals surface area (Å²) in [6.07, 6.45) is -2.46. The Morgan fingerprint density at radius 1 is 1.29 bits per heavy atom. The van der Waals surface area contributed by atoms with E-state index in [0.29, 0.717) is 12.8 Å². The monoisotopic (exact) mass is 366 g/mol. The van der Waals surface area contributed by atoms with Crippen molar-refractivity contribution in [2.75, 3.05) is 19.6 Å². The molecule has 0 amide bonds. The second-order valence-electron chi connectivity index (χ2n) is 5.76. The quantitative estimate of drug-likeness (QED) is 0.841. The molecule has 1 heterocycles. The number of piperidine rings is 1. The summed E-state index contributed by atoms with van der Waals surface area (Å²) in [4.78, 5) is 2.03. The molecule has 5 nitrogen and oxygen atoms in total. The second kappa shape index (κ2) is 7.71. The van der Waals surface area contributed by atoms with Gasteiger partial charge in [-0.1, -0.05) is 13.0 Å². The summed E-state index contributed by atoms with van der Waals surface area (Å²) in [7, 11) is -3.88. The van der Waals surface area contributed by atoms with Crippen molar-refractivity contribution < 1.29 is 26.3 Å². The van der Waals surface area contributed by atoms with Gasteiger partial charge in [0.05, 0.1) is 4.90 Å². The van der Waals surface area contributed by atoms with E-state index in [-0.39, 0.29) is 10.9 Å². The van der Waals surface area contributed by atoms with Crippen LogP contribution in [0.4, 0.5) is 13.2 Å². The van der Waals surface area contributed by atoms with Crippen LogP contribution in [0.1, 0.15) is 26.2 Å². The number of rotatable bonds is 6. The van der Waals surface area contributed by atoms with E-state index < -0.39 is 22.1 Å². The molecule has 1 N–H and O–H groups in total. The fourth-order valence-electron chi connectivity index (χ4n) is 2.72. The standard InChI is InChI=1S/C15H21F3N2O3S/c1-2-8-20-9-6-12(7-10-20)19-24(21,22)14-5-3-4-13(11-14)23-15(16,17)18/h3-5,11-12,19H,2,6-10H2,1H3. The fraction of sp³-hybridized carbons (Fsp3) is 0.600. The first-order valence-electron chi connectivity index (χ1n) is 7.80. The summed E-state index contributed by atoms with van der Waals surface area (Å²) in [6, 6.07) is 4.20. The number of sulfonamides is 1. The molecular weight excluding hydrogens is 345 g/mol. The Morgan fingerprint density at radius 3 is 2.54 bits per heavy atom. The molecule has 0 aromatic heterocycles. The van der Waals surface area contributed by atoms with Gasteiger partial charge in [0.2, 0.25) is 10.0 Å². The van der Waals surface area contributed by atoms with Crippen molar-refractivity contribution in [3.8, 4) is 5.75 Å². The maximum atomic E-state index is 12.4. The maximum Gasteiger partial charge on any atom is 0.573 e. The molecule has 2 rings (SSSR count). The van der Waals surface area contributed by atoms with Gasteiger partial charge in [-0.3, -0.25) is 0 Å². The highest BCUT2D eigenvalue weighted by molar-refractivity contribution is 7.89. The number of hydrogen-bond acceptors (Lipinski definition) is 4. The van der Waals surface area contributed by atoms with Crippen molar-refractivity contribution in [1.82, 2.24) is 9.62 Å². The highest BCUT2D eigenvalue weighted by Gasteiger charge is 2.32. The topological polar surface area (TPSA) is 58.6 Å². The molecule has 0 unspecified atom stereocenters. The first kappa shape index (κ1) is 19.0. The zero-order valence-electron chi connectivity index (χ0n) is 13.3. The average Bonchev–Trinajstić information content (AvgIpc) is 2.48. The Morgan fingerprint density at radius 2 is 1.96 bits per heavy atom. The maximum absolute atomic E-state index is 12.4. The minimum Gasteiger partial charge on any atom is -0.406 e.